The smallest absolute Gasteiger partial charge is 0.254 e. The van der Waals surface area contributed by atoms with E-state index in [0.29, 0.717) is 11.3 Å². The molecule has 2 aliphatic rings. The Morgan fingerprint density at radius 2 is 2.08 bits per heavy atom. The van der Waals surface area contributed by atoms with E-state index in [4.69, 9.17) is 4.74 Å². The lowest BCUT2D eigenvalue weighted by atomic mass is 9.94. The molecule has 1 N–H and O–H groups in total. The summed E-state index contributed by atoms with van der Waals surface area (Å²) in [6, 6.07) is 1.79. The summed E-state index contributed by atoms with van der Waals surface area (Å²) in [5, 5.41) is 2.89. The highest BCUT2D eigenvalue weighted by Crippen LogP contribution is 2.43. The van der Waals surface area contributed by atoms with Crippen LogP contribution in [0.5, 0.6) is 5.75 Å². The first-order valence-electron chi connectivity index (χ1n) is 8.65. The van der Waals surface area contributed by atoms with E-state index in [0.717, 1.165) is 33.3 Å². The number of halogens is 1. The van der Waals surface area contributed by atoms with Crippen LogP contribution < -0.4 is 10.1 Å². The highest BCUT2D eigenvalue weighted by atomic mass is 79.9. The zero-order valence-electron chi connectivity index (χ0n) is 15.7. The number of amides is 2. The zero-order valence-corrected chi connectivity index (χ0v) is 17.3. The number of fused-ring (bicyclic) bond motifs is 1. The molecule has 0 radical (unpaired) electrons. The van der Waals surface area contributed by atoms with E-state index >= 15 is 0 Å². The molecule has 0 fully saturated rings. The lowest BCUT2D eigenvalue weighted by molar-refractivity contribution is -0.120. The minimum absolute atomic E-state index is 0.192. The fourth-order valence-electron chi connectivity index (χ4n) is 3.52. The molecule has 2 aliphatic heterocycles. The number of benzene rings is 1. The van der Waals surface area contributed by atoms with E-state index in [2.05, 4.69) is 26.2 Å². The van der Waals surface area contributed by atoms with E-state index < -0.39 is 5.92 Å². The molecule has 1 unspecified atom stereocenters. The molecule has 0 aliphatic carbocycles. The first-order valence-corrected chi connectivity index (χ1v) is 9.45. The Bertz CT molecular complexity index is 868. The molecule has 3 rings (SSSR count). The van der Waals surface area contributed by atoms with Crippen molar-refractivity contribution in [1.82, 2.24) is 5.32 Å². The van der Waals surface area contributed by atoms with Gasteiger partial charge in [0.15, 0.2) is 0 Å². The van der Waals surface area contributed by atoms with Crippen molar-refractivity contribution in [3.63, 3.8) is 0 Å². The van der Waals surface area contributed by atoms with Gasteiger partial charge in [0.2, 0.25) is 0 Å². The average molecular weight is 419 g/mol. The Morgan fingerprint density at radius 3 is 2.73 bits per heavy atom. The molecule has 0 spiro atoms. The predicted molar refractivity (Wildman–Crippen MR) is 105 cm³/mol. The van der Waals surface area contributed by atoms with E-state index in [1.54, 1.807) is 13.0 Å². The lowest BCUT2D eigenvalue weighted by Crippen LogP contribution is -2.35. The fourth-order valence-corrected chi connectivity index (χ4v) is 4.07. The summed E-state index contributed by atoms with van der Waals surface area (Å²) in [5.41, 5.74) is 3.92. The molecule has 26 heavy (non-hydrogen) atoms. The Labute approximate surface area is 162 Å². The number of hydrogen-bond acceptors (Lipinski definition) is 3. The lowest BCUT2D eigenvalue weighted by Gasteiger charge is -2.19. The van der Waals surface area contributed by atoms with E-state index in [1.807, 2.05) is 33.8 Å². The molecule has 1 aromatic carbocycles. The number of ether oxygens (including phenoxy) is 1. The molecule has 1 atom stereocenters. The van der Waals surface area contributed by atoms with Gasteiger partial charge in [-0.25, -0.2) is 4.99 Å². The summed E-state index contributed by atoms with van der Waals surface area (Å²) in [7, 11) is 0. The van der Waals surface area contributed by atoms with Crippen LogP contribution >= 0.6 is 15.9 Å². The summed E-state index contributed by atoms with van der Waals surface area (Å²) >= 11 is 3.52. The van der Waals surface area contributed by atoms with Crippen LogP contribution in [0, 0.1) is 12.8 Å². The second-order valence-electron chi connectivity index (χ2n) is 7.62. The first kappa shape index (κ1) is 18.8. The highest BCUT2D eigenvalue weighted by molar-refractivity contribution is 9.10. The quantitative estimate of drug-likeness (QED) is 0.811. The van der Waals surface area contributed by atoms with Crippen LogP contribution in [0.3, 0.4) is 0 Å². The van der Waals surface area contributed by atoms with Gasteiger partial charge in [-0.3, -0.25) is 9.59 Å². The number of nitrogens with zero attached hydrogens (tertiary/aromatic N) is 1. The van der Waals surface area contributed by atoms with Gasteiger partial charge in [0, 0.05) is 29.8 Å². The monoisotopic (exact) mass is 418 g/mol. The molecular weight excluding hydrogens is 396 g/mol. The molecule has 2 heterocycles. The summed E-state index contributed by atoms with van der Waals surface area (Å²) < 4.78 is 6.77. The Balaban J connectivity index is 1.79. The van der Waals surface area contributed by atoms with Crippen molar-refractivity contribution in [3.05, 3.63) is 38.9 Å². The van der Waals surface area contributed by atoms with Crippen LogP contribution in [0.1, 0.15) is 49.2 Å². The van der Waals surface area contributed by atoms with Crippen LogP contribution in [0.4, 0.5) is 0 Å². The number of carbonyl (C=O) groups excluding carboxylic acids is 2. The van der Waals surface area contributed by atoms with Gasteiger partial charge in [-0.1, -0.05) is 5.57 Å². The fraction of sp³-hybridized carbons (Fsp3) is 0.450. The molecule has 1 aromatic rings. The van der Waals surface area contributed by atoms with Gasteiger partial charge >= 0.3 is 0 Å². The van der Waals surface area contributed by atoms with Gasteiger partial charge < -0.3 is 10.1 Å². The number of nitrogens with one attached hydrogen (secondary N) is 1. The van der Waals surface area contributed by atoms with Crippen molar-refractivity contribution in [2.45, 2.75) is 46.6 Å². The zero-order chi connectivity index (χ0) is 19.2. The van der Waals surface area contributed by atoms with E-state index in [1.165, 1.54) is 0 Å². The SMILES string of the molecule is CC1=CC(C)=NC(=O)C1CNC(=O)c1cc(Br)c2c(c1C)CC(C)(C)O2. The molecule has 0 aromatic heterocycles. The number of rotatable bonds is 3. The van der Waals surface area contributed by atoms with Crippen molar-refractivity contribution in [1.29, 1.82) is 0 Å². The number of hydrogen-bond donors (Lipinski definition) is 1. The maximum absolute atomic E-state index is 12.8. The van der Waals surface area contributed by atoms with Crippen molar-refractivity contribution in [3.8, 4) is 5.75 Å². The van der Waals surface area contributed by atoms with Gasteiger partial charge in [0.05, 0.1) is 10.4 Å². The molecule has 5 nitrogen and oxygen atoms in total. The highest BCUT2D eigenvalue weighted by Gasteiger charge is 2.34. The van der Waals surface area contributed by atoms with Crippen LogP contribution in [0.2, 0.25) is 0 Å². The Morgan fingerprint density at radius 1 is 1.38 bits per heavy atom. The second kappa shape index (κ2) is 6.65. The third kappa shape index (κ3) is 3.47. The topological polar surface area (TPSA) is 67.8 Å². The van der Waals surface area contributed by atoms with Crippen molar-refractivity contribution in [2.24, 2.45) is 10.9 Å². The number of aliphatic imine (C=N–C) groups is 1. The molecule has 138 valence electrons. The summed E-state index contributed by atoms with van der Waals surface area (Å²) in [4.78, 5) is 28.9. The van der Waals surface area contributed by atoms with Gasteiger partial charge in [-0.15, -0.1) is 0 Å². The van der Waals surface area contributed by atoms with Crippen LogP contribution in [-0.2, 0) is 11.2 Å². The predicted octanol–water partition coefficient (Wildman–Crippen LogP) is 3.76. The standard InChI is InChI=1S/C20H23BrN2O3/c1-10-6-11(2)23-19(25)15(10)9-22-18(24)13-7-16(21)17-14(12(13)3)8-20(4,5)26-17/h6-7,15H,8-9H2,1-5H3,(H,22,24). The Hall–Kier alpha value is -1.95. The molecule has 0 saturated heterocycles. The first-order chi connectivity index (χ1) is 12.1. The maximum atomic E-state index is 12.8. The minimum Gasteiger partial charge on any atom is -0.486 e. The van der Waals surface area contributed by atoms with Gasteiger partial charge in [-0.2, -0.15) is 0 Å². The summed E-state index contributed by atoms with van der Waals surface area (Å²) in [5.74, 6) is 0.0191. The number of allylic oxidation sites excluding steroid dienone is 1. The maximum Gasteiger partial charge on any atom is 0.254 e. The van der Waals surface area contributed by atoms with Crippen molar-refractivity contribution in [2.75, 3.05) is 6.54 Å². The normalized spacial score (nSPS) is 20.8. The third-order valence-corrected chi connectivity index (χ3v) is 5.47. The second-order valence-corrected chi connectivity index (χ2v) is 8.47. The van der Waals surface area contributed by atoms with Gasteiger partial charge in [0.25, 0.3) is 11.8 Å². The molecular formula is C20H23BrN2O3. The van der Waals surface area contributed by atoms with Crippen LogP contribution in [-0.4, -0.2) is 29.7 Å². The number of dihydropyridines is 1. The van der Waals surface area contributed by atoms with E-state index in [-0.39, 0.29) is 24.0 Å². The minimum atomic E-state index is -0.400. The average Bonchev–Trinajstić information content (AvgIpc) is 2.86. The molecule has 0 saturated carbocycles. The van der Waals surface area contributed by atoms with Gasteiger partial charge in [-0.05, 0) is 68.3 Å². The third-order valence-electron chi connectivity index (χ3n) is 4.88. The molecule has 0 bridgehead atoms. The largest absolute Gasteiger partial charge is 0.486 e. The number of carbonyl (C=O) groups is 2. The van der Waals surface area contributed by atoms with Gasteiger partial charge in [0.1, 0.15) is 11.4 Å². The molecule has 2 amide bonds. The van der Waals surface area contributed by atoms with Crippen molar-refractivity contribution >= 4 is 33.5 Å². The summed E-state index contributed by atoms with van der Waals surface area (Å²) in [6.07, 6.45) is 2.64. The summed E-state index contributed by atoms with van der Waals surface area (Å²) in [6.45, 7) is 9.94. The molecule has 6 heteroatoms. The van der Waals surface area contributed by atoms with Crippen LogP contribution in [0.25, 0.3) is 0 Å². The Kier molecular flexibility index (Phi) is 4.82. The van der Waals surface area contributed by atoms with Crippen LogP contribution in [0.15, 0.2) is 27.2 Å². The van der Waals surface area contributed by atoms with E-state index in [9.17, 15) is 9.59 Å². The van der Waals surface area contributed by atoms with Crippen molar-refractivity contribution < 1.29 is 14.3 Å².